The minimum absolute atomic E-state index is 0.108. The molecule has 0 bridgehead atoms. The number of hydrogen-bond donors (Lipinski definition) is 0. The van der Waals surface area contributed by atoms with Crippen LogP contribution >= 0.6 is 26.6 Å². The predicted molar refractivity (Wildman–Crippen MR) is 51.9 cm³/mol. The summed E-state index contributed by atoms with van der Waals surface area (Å²) in [6.45, 7) is 0. The van der Waals surface area contributed by atoms with E-state index in [1.807, 2.05) is 0 Å². The first-order chi connectivity index (χ1) is 5.06. The van der Waals surface area contributed by atoms with Crippen molar-refractivity contribution >= 4 is 35.7 Å². The molecule has 0 atom stereocenters. The second-order valence-corrected chi connectivity index (χ2v) is 6.04. The zero-order valence-corrected chi connectivity index (χ0v) is 9.38. The van der Waals surface area contributed by atoms with Crippen LogP contribution in [0.3, 0.4) is 0 Å². The van der Waals surface area contributed by atoms with Gasteiger partial charge in [-0.3, -0.25) is 0 Å². The van der Waals surface area contributed by atoms with Gasteiger partial charge in [0.2, 0.25) is 9.05 Å². The maximum atomic E-state index is 10.4. The first-order valence-corrected chi connectivity index (χ1v) is 7.14. The van der Waals surface area contributed by atoms with Crippen molar-refractivity contribution in [2.24, 2.45) is 0 Å². The van der Waals surface area contributed by atoms with Crippen molar-refractivity contribution in [1.29, 1.82) is 0 Å². The molecule has 0 aliphatic rings. The lowest BCUT2D eigenvalue weighted by molar-refractivity contribution is 0.602. The van der Waals surface area contributed by atoms with Crippen LogP contribution in [0.1, 0.15) is 25.7 Å². The Morgan fingerprint density at radius 1 is 1.09 bits per heavy atom. The number of hydrogen-bond acceptors (Lipinski definition) is 2. The molecule has 0 unspecified atom stereocenters. The minimum atomic E-state index is -3.25. The number of rotatable bonds is 6. The molecule has 0 aliphatic heterocycles. The predicted octanol–water partition coefficient (Wildman–Crippen LogP) is 2.51. The average Bonchev–Trinajstić information content (AvgIpc) is 1.85. The second kappa shape index (κ2) is 6.26. The van der Waals surface area contributed by atoms with Gasteiger partial charge in [-0.2, -0.15) is 0 Å². The molecule has 0 N–H and O–H groups in total. The lowest BCUT2D eigenvalue weighted by Crippen LogP contribution is -1.96. The summed E-state index contributed by atoms with van der Waals surface area (Å²) in [6.07, 6.45) is 3.79. The average molecular weight is 264 g/mol. The van der Waals surface area contributed by atoms with Gasteiger partial charge in [0.15, 0.2) is 0 Å². The van der Waals surface area contributed by atoms with Gasteiger partial charge in [-0.25, -0.2) is 8.42 Å². The van der Waals surface area contributed by atoms with Crippen LogP contribution in [0.15, 0.2) is 0 Å². The fourth-order valence-corrected chi connectivity index (χ4v) is 2.00. The van der Waals surface area contributed by atoms with Crippen LogP contribution in [0.2, 0.25) is 0 Å². The molecule has 5 heteroatoms. The molecule has 0 radical (unpaired) electrons. The van der Waals surface area contributed by atoms with Crippen molar-refractivity contribution in [2.45, 2.75) is 25.7 Å². The SMILES string of the molecule is O=S(=O)(Cl)CCCCCCBr. The number of alkyl halides is 1. The molecule has 0 aromatic carbocycles. The molecular formula is C6H12BrClO2S. The lowest BCUT2D eigenvalue weighted by Gasteiger charge is -1.96. The smallest absolute Gasteiger partial charge is 0.212 e. The summed E-state index contributed by atoms with van der Waals surface area (Å²) in [5.74, 6) is 0.108. The molecule has 0 saturated carbocycles. The fourth-order valence-electron chi connectivity index (χ4n) is 0.723. The van der Waals surface area contributed by atoms with Crippen LogP contribution in [-0.4, -0.2) is 19.5 Å². The molecule has 68 valence electrons. The highest BCUT2D eigenvalue weighted by molar-refractivity contribution is 9.09. The van der Waals surface area contributed by atoms with Crippen molar-refractivity contribution in [3.8, 4) is 0 Å². The Morgan fingerprint density at radius 2 is 1.64 bits per heavy atom. The molecule has 0 rings (SSSR count). The first-order valence-electron chi connectivity index (χ1n) is 3.54. The third-order valence-electron chi connectivity index (χ3n) is 1.27. The van der Waals surface area contributed by atoms with Gasteiger partial charge in [0.25, 0.3) is 0 Å². The monoisotopic (exact) mass is 262 g/mol. The van der Waals surface area contributed by atoms with Gasteiger partial charge in [0, 0.05) is 16.0 Å². The van der Waals surface area contributed by atoms with E-state index in [9.17, 15) is 8.42 Å². The maximum absolute atomic E-state index is 10.4. The second-order valence-electron chi connectivity index (χ2n) is 2.35. The van der Waals surface area contributed by atoms with E-state index in [-0.39, 0.29) is 5.75 Å². The van der Waals surface area contributed by atoms with Crippen molar-refractivity contribution < 1.29 is 8.42 Å². The van der Waals surface area contributed by atoms with Crippen LogP contribution in [0.4, 0.5) is 0 Å². The van der Waals surface area contributed by atoms with Gasteiger partial charge in [-0.15, -0.1) is 0 Å². The standard InChI is InChI=1S/C6H12BrClO2S/c7-5-3-1-2-4-6-11(8,9)10/h1-6H2. The molecule has 0 heterocycles. The quantitative estimate of drug-likeness (QED) is 0.419. The highest BCUT2D eigenvalue weighted by atomic mass is 79.9. The molecule has 0 amide bonds. The van der Waals surface area contributed by atoms with E-state index < -0.39 is 9.05 Å². The summed E-state index contributed by atoms with van der Waals surface area (Å²) < 4.78 is 20.8. The molecule has 0 saturated heterocycles. The summed E-state index contributed by atoms with van der Waals surface area (Å²) >= 11 is 3.30. The zero-order chi connectivity index (χ0) is 8.74. The van der Waals surface area contributed by atoms with Crippen LogP contribution < -0.4 is 0 Å². The molecule has 0 aromatic heterocycles. The van der Waals surface area contributed by atoms with Crippen molar-refractivity contribution in [2.75, 3.05) is 11.1 Å². The topological polar surface area (TPSA) is 34.1 Å². The molecule has 0 spiro atoms. The Morgan fingerprint density at radius 3 is 2.09 bits per heavy atom. The molecule has 0 aromatic rings. The van der Waals surface area contributed by atoms with Gasteiger partial charge in [0.1, 0.15) is 0 Å². The molecule has 2 nitrogen and oxygen atoms in total. The number of halogens is 2. The molecule has 0 aliphatic carbocycles. The van der Waals surface area contributed by atoms with Crippen LogP contribution in [0.5, 0.6) is 0 Å². The Balaban J connectivity index is 3.16. The summed E-state index contributed by atoms with van der Waals surface area (Å²) in [5.41, 5.74) is 0. The van der Waals surface area contributed by atoms with Gasteiger partial charge >= 0.3 is 0 Å². The fraction of sp³-hybridized carbons (Fsp3) is 1.00. The Hall–Kier alpha value is 0.720. The number of unbranched alkanes of at least 4 members (excludes halogenated alkanes) is 3. The van der Waals surface area contributed by atoms with Gasteiger partial charge in [-0.1, -0.05) is 28.8 Å². The van der Waals surface area contributed by atoms with E-state index in [1.54, 1.807) is 0 Å². The Kier molecular flexibility index (Phi) is 6.67. The van der Waals surface area contributed by atoms with Crippen LogP contribution in [0, 0.1) is 0 Å². The summed E-state index contributed by atoms with van der Waals surface area (Å²) in [5, 5.41) is 0.987. The third kappa shape index (κ3) is 10.7. The van der Waals surface area contributed by atoms with Crippen LogP contribution in [-0.2, 0) is 9.05 Å². The van der Waals surface area contributed by atoms with E-state index in [0.29, 0.717) is 6.42 Å². The normalized spacial score (nSPS) is 11.8. The van der Waals surface area contributed by atoms with E-state index in [4.69, 9.17) is 10.7 Å². The van der Waals surface area contributed by atoms with Crippen molar-refractivity contribution in [3.63, 3.8) is 0 Å². The van der Waals surface area contributed by atoms with E-state index in [0.717, 1.165) is 24.6 Å². The van der Waals surface area contributed by atoms with Gasteiger partial charge < -0.3 is 0 Å². The maximum Gasteiger partial charge on any atom is 0.232 e. The Bertz CT molecular complexity index is 179. The highest BCUT2D eigenvalue weighted by Crippen LogP contribution is 2.06. The Labute approximate surface area is 80.9 Å². The minimum Gasteiger partial charge on any atom is -0.212 e. The van der Waals surface area contributed by atoms with E-state index in [1.165, 1.54) is 0 Å². The van der Waals surface area contributed by atoms with Crippen molar-refractivity contribution in [3.05, 3.63) is 0 Å². The van der Waals surface area contributed by atoms with E-state index >= 15 is 0 Å². The molecule has 11 heavy (non-hydrogen) atoms. The largest absolute Gasteiger partial charge is 0.232 e. The third-order valence-corrected chi connectivity index (χ3v) is 3.07. The van der Waals surface area contributed by atoms with Gasteiger partial charge in [-0.05, 0) is 12.8 Å². The molecule has 0 fully saturated rings. The molecular weight excluding hydrogens is 251 g/mol. The summed E-state index contributed by atoms with van der Waals surface area (Å²) in [6, 6.07) is 0. The zero-order valence-electron chi connectivity index (χ0n) is 6.22. The van der Waals surface area contributed by atoms with Crippen molar-refractivity contribution in [1.82, 2.24) is 0 Å². The first kappa shape index (κ1) is 11.7. The summed E-state index contributed by atoms with van der Waals surface area (Å²) in [4.78, 5) is 0. The van der Waals surface area contributed by atoms with E-state index in [2.05, 4.69) is 15.9 Å². The lowest BCUT2D eigenvalue weighted by atomic mass is 10.2. The highest BCUT2D eigenvalue weighted by Gasteiger charge is 2.02. The van der Waals surface area contributed by atoms with Gasteiger partial charge in [0.05, 0.1) is 5.75 Å². The summed E-state index contributed by atoms with van der Waals surface area (Å²) in [7, 11) is 1.76. The van der Waals surface area contributed by atoms with Crippen LogP contribution in [0.25, 0.3) is 0 Å².